The van der Waals surface area contributed by atoms with Crippen LogP contribution in [0.1, 0.15) is 52.0 Å². The molecule has 1 aliphatic rings. The van der Waals surface area contributed by atoms with E-state index in [1.165, 1.54) is 5.56 Å². The SMILES string of the molecule is Cc1nn(C)c(C)c1C1CCCN1C(=O)c1ccoc1C. The normalized spacial score (nSPS) is 18.5. The van der Waals surface area contributed by atoms with E-state index in [4.69, 9.17) is 4.42 Å². The molecule has 1 unspecified atom stereocenters. The number of furan rings is 1. The molecule has 1 fully saturated rings. The average molecular weight is 287 g/mol. The van der Waals surface area contributed by atoms with Gasteiger partial charge in [0.1, 0.15) is 5.76 Å². The lowest BCUT2D eigenvalue weighted by Crippen LogP contribution is -2.31. The van der Waals surface area contributed by atoms with Gasteiger partial charge in [-0.2, -0.15) is 5.10 Å². The lowest BCUT2D eigenvalue weighted by Gasteiger charge is -2.25. The van der Waals surface area contributed by atoms with Crippen molar-refractivity contribution in [3.05, 3.63) is 40.6 Å². The van der Waals surface area contributed by atoms with Gasteiger partial charge in [0.2, 0.25) is 0 Å². The minimum atomic E-state index is 0.0615. The average Bonchev–Trinajstić information content (AvgIpc) is 3.11. The zero-order valence-electron chi connectivity index (χ0n) is 13.0. The zero-order valence-corrected chi connectivity index (χ0v) is 13.0. The molecule has 0 spiro atoms. The highest BCUT2D eigenvalue weighted by atomic mass is 16.3. The molecule has 112 valence electrons. The highest BCUT2D eigenvalue weighted by molar-refractivity contribution is 5.95. The number of carbonyl (C=O) groups is 1. The molecule has 0 aliphatic carbocycles. The van der Waals surface area contributed by atoms with Crippen LogP contribution in [0.15, 0.2) is 16.7 Å². The summed E-state index contributed by atoms with van der Waals surface area (Å²) in [6.45, 7) is 6.71. The Morgan fingerprint density at radius 1 is 1.38 bits per heavy atom. The van der Waals surface area contributed by atoms with Crippen LogP contribution in [-0.4, -0.2) is 27.1 Å². The molecule has 1 saturated heterocycles. The van der Waals surface area contributed by atoms with Crippen molar-refractivity contribution >= 4 is 5.91 Å². The first-order valence-electron chi connectivity index (χ1n) is 7.36. The van der Waals surface area contributed by atoms with E-state index in [0.717, 1.165) is 30.8 Å². The van der Waals surface area contributed by atoms with Gasteiger partial charge >= 0.3 is 0 Å². The quantitative estimate of drug-likeness (QED) is 0.853. The number of hydrogen-bond donors (Lipinski definition) is 0. The van der Waals surface area contributed by atoms with Crippen LogP contribution >= 0.6 is 0 Å². The Labute approximate surface area is 124 Å². The van der Waals surface area contributed by atoms with E-state index in [1.54, 1.807) is 12.3 Å². The molecule has 5 heteroatoms. The largest absolute Gasteiger partial charge is 0.469 e. The molecular formula is C16H21N3O2. The molecular weight excluding hydrogens is 266 g/mol. The van der Waals surface area contributed by atoms with E-state index in [-0.39, 0.29) is 11.9 Å². The number of amides is 1. The molecule has 0 radical (unpaired) electrons. The monoisotopic (exact) mass is 287 g/mol. The van der Waals surface area contributed by atoms with Crippen LogP contribution in [0.3, 0.4) is 0 Å². The Morgan fingerprint density at radius 2 is 2.14 bits per heavy atom. The Balaban J connectivity index is 1.96. The highest BCUT2D eigenvalue weighted by Crippen LogP contribution is 2.36. The molecule has 0 saturated carbocycles. The molecule has 3 rings (SSSR count). The maximum Gasteiger partial charge on any atom is 0.257 e. The Morgan fingerprint density at radius 3 is 2.71 bits per heavy atom. The van der Waals surface area contributed by atoms with Gasteiger partial charge in [0.15, 0.2) is 0 Å². The second kappa shape index (κ2) is 5.06. The zero-order chi connectivity index (χ0) is 15.1. The molecule has 1 atom stereocenters. The van der Waals surface area contributed by atoms with Crippen molar-refractivity contribution < 1.29 is 9.21 Å². The summed E-state index contributed by atoms with van der Waals surface area (Å²) in [6.07, 6.45) is 3.60. The van der Waals surface area contributed by atoms with E-state index in [9.17, 15) is 4.79 Å². The van der Waals surface area contributed by atoms with Gasteiger partial charge in [-0.3, -0.25) is 9.48 Å². The molecule has 0 N–H and O–H groups in total. The second-order valence-corrected chi connectivity index (χ2v) is 5.76. The number of hydrogen-bond acceptors (Lipinski definition) is 3. The summed E-state index contributed by atoms with van der Waals surface area (Å²) in [7, 11) is 1.95. The van der Waals surface area contributed by atoms with Crippen LogP contribution in [0.2, 0.25) is 0 Å². The van der Waals surface area contributed by atoms with Crippen LogP contribution in [0.4, 0.5) is 0 Å². The van der Waals surface area contributed by atoms with Crippen molar-refractivity contribution in [1.29, 1.82) is 0 Å². The first kappa shape index (κ1) is 13.9. The number of likely N-dealkylation sites (tertiary alicyclic amines) is 1. The van der Waals surface area contributed by atoms with Gasteiger partial charge in [-0.1, -0.05) is 0 Å². The van der Waals surface area contributed by atoms with Crippen molar-refractivity contribution in [3.8, 4) is 0 Å². The van der Waals surface area contributed by atoms with Gasteiger partial charge in [0, 0.05) is 24.8 Å². The van der Waals surface area contributed by atoms with E-state index in [0.29, 0.717) is 11.3 Å². The van der Waals surface area contributed by atoms with Crippen molar-refractivity contribution in [2.24, 2.45) is 7.05 Å². The molecule has 3 heterocycles. The first-order chi connectivity index (χ1) is 10.0. The lowest BCUT2D eigenvalue weighted by atomic mass is 10.0. The summed E-state index contributed by atoms with van der Waals surface area (Å²) in [6, 6.07) is 1.89. The number of nitrogens with zero attached hydrogens (tertiary/aromatic N) is 3. The highest BCUT2D eigenvalue weighted by Gasteiger charge is 2.34. The predicted octanol–water partition coefficient (Wildman–Crippen LogP) is 2.92. The third kappa shape index (κ3) is 2.17. The fourth-order valence-corrected chi connectivity index (χ4v) is 3.34. The van der Waals surface area contributed by atoms with Crippen LogP contribution in [0.25, 0.3) is 0 Å². The topological polar surface area (TPSA) is 51.3 Å². The summed E-state index contributed by atoms with van der Waals surface area (Å²) in [5.74, 6) is 0.747. The van der Waals surface area contributed by atoms with Gasteiger partial charge in [-0.05, 0) is 39.7 Å². The van der Waals surface area contributed by atoms with E-state index < -0.39 is 0 Å². The fourth-order valence-electron chi connectivity index (χ4n) is 3.34. The Bertz CT molecular complexity index is 684. The molecule has 1 aliphatic heterocycles. The first-order valence-corrected chi connectivity index (χ1v) is 7.36. The van der Waals surface area contributed by atoms with E-state index >= 15 is 0 Å². The number of aromatic nitrogens is 2. The van der Waals surface area contributed by atoms with E-state index in [1.807, 2.05) is 30.5 Å². The van der Waals surface area contributed by atoms with Crippen LogP contribution in [0, 0.1) is 20.8 Å². The van der Waals surface area contributed by atoms with E-state index in [2.05, 4.69) is 12.0 Å². The maximum atomic E-state index is 12.8. The third-order valence-corrected chi connectivity index (χ3v) is 4.50. The Hall–Kier alpha value is -2.04. The summed E-state index contributed by atoms with van der Waals surface area (Å²) in [5.41, 5.74) is 4.02. The smallest absolute Gasteiger partial charge is 0.257 e. The van der Waals surface area contributed by atoms with Gasteiger partial charge < -0.3 is 9.32 Å². The molecule has 0 aromatic carbocycles. The van der Waals surface area contributed by atoms with Gasteiger partial charge in [0.05, 0.1) is 23.6 Å². The molecule has 1 amide bonds. The van der Waals surface area contributed by atoms with Crippen molar-refractivity contribution in [2.75, 3.05) is 6.54 Å². The second-order valence-electron chi connectivity index (χ2n) is 5.76. The van der Waals surface area contributed by atoms with Crippen molar-refractivity contribution in [1.82, 2.24) is 14.7 Å². The van der Waals surface area contributed by atoms with Gasteiger partial charge in [-0.25, -0.2) is 0 Å². The Kier molecular flexibility index (Phi) is 3.35. The van der Waals surface area contributed by atoms with Gasteiger partial charge in [0.25, 0.3) is 5.91 Å². The summed E-state index contributed by atoms with van der Waals surface area (Å²) < 4.78 is 7.17. The number of aryl methyl sites for hydroxylation is 3. The van der Waals surface area contributed by atoms with Gasteiger partial charge in [-0.15, -0.1) is 0 Å². The summed E-state index contributed by atoms with van der Waals surface area (Å²) in [5, 5.41) is 4.49. The summed E-state index contributed by atoms with van der Waals surface area (Å²) in [4.78, 5) is 14.7. The molecule has 5 nitrogen and oxygen atoms in total. The molecule has 2 aromatic heterocycles. The minimum Gasteiger partial charge on any atom is -0.469 e. The minimum absolute atomic E-state index is 0.0615. The standard InChI is InChI=1S/C16H21N3O2/c1-10-15(11(2)18(4)17-10)14-6-5-8-19(14)16(20)13-7-9-21-12(13)3/h7,9,14H,5-6,8H2,1-4H3. The van der Waals surface area contributed by atoms with Crippen LogP contribution in [0.5, 0.6) is 0 Å². The number of rotatable bonds is 2. The maximum absolute atomic E-state index is 12.8. The predicted molar refractivity (Wildman–Crippen MR) is 79.1 cm³/mol. The summed E-state index contributed by atoms with van der Waals surface area (Å²) >= 11 is 0. The fraction of sp³-hybridized carbons (Fsp3) is 0.500. The van der Waals surface area contributed by atoms with Crippen molar-refractivity contribution in [2.45, 2.75) is 39.7 Å². The lowest BCUT2D eigenvalue weighted by molar-refractivity contribution is 0.0733. The van der Waals surface area contributed by atoms with Crippen LogP contribution < -0.4 is 0 Å². The molecule has 2 aromatic rings. The molecule has 21 heavy (non-hydrogen) atoms. The third-order valence-electron chi connectivity index (χ3n) is 4.50. The van der Waals surface area contributed by atoms with Crippen LogP contribution in [-0.2, 0) is 7.05 Å². The molecule has 0 bridgehead atoms. The number of carbonyl (C=O) groups excluding carboxylic acids is 1. The van der Waals surface area contributed by atoms with Crippen molar-refractivity contribution in [3.63, 3.8) is 0 Å².